The number of alkyl halides is 3. The number of benzene rings is 2. The number of hydrogen-bond acceptors (Lipinski definition) is 3. The van der Waals surface area contributed by atoms with Crippen molar-refractivity contribution in [3.05, 3.63) is 64.2 Å². The normalized spacial score (nSPS) is 11.9. The number of rotatable bonds is 6. The highest BCUT2D eigenvalue weighted by Gasteiger charge is 2.33. The third kappa shape index (κ3) is 5.87. The zero-order valence-corrected chi connectivity index (χ0v) is 16.6. The third-order valence-corrected chi connectivity index (χ3v) is 5.29. The average molecular weight is 435 g/mol. The molecule has 2 aromatic rings. The summed E-state index contributed by atoms with van der Waals surface area (Å²) in [7, 11) is -4.07. The van der Waals surface area contributed by atoms with Crippen molar-refractivity contribution in [2.75, 3.05) is 17.1 Å². The lowest BCUT2D eigenvalue weighted by molar-refractivity contribution is -0.137. The lowest BCUT2D eigenvalue weighted by Crippen LogP contribution is -2.40. The molecule has 0 aromatic heterocycles. The first kappa shape index (κ1) is 22.0. The van der Waals surface area contributed by atoms with Gasteiger partial charge in [0.2, 0.25) is 15.9 Å². The fourth-order valence-corrected chi connectivity index (χ4v) is 3.48. The lowest BCUT2D eigenvalue weighted by atomic mass is 10.1. The Hall–Kier alpha value is -2.26. The van der Waals surface area contributed by atoms with Crippen LogP contribution in [-0.2, 0) is 27.5 Å². The molecule has 28 heavy (non-hydrogen) atoms. The highest BCUT2D eigenvalue weighted by molar-refractivity contribution is 7.92. The largest absolute Gasteiger partial charge is 0.416 e. The molecule has 1 N–H and O–H groups in total. The van der Waals surface area contributed by atoms with Crippen molar-refractivity contribution in [2.45, 2.75) is 19.6 Å². The van der Waals surface area contributed by atoms with E-state index in [0.717, 1.165) is 29.5 Å². The number of nitrogens with zero attached hydrogens (tertiary/aromatic N) is 1. The Kier molecular flexibility index (Phi) is 6.61. The van der Waals surface area contributed by atoms with Gasteiger partial charge in [-0.15, -0.1) is 0 Å². The summed E-state index contributed by atoms with van der Waals surface area (Å²) in [4.78, 5) is 12.2. The van der Waals surface area contributed by atoms with Gasteiger partial charge in [0, 0.05) is 6.54 Å². The zero-order chi connectivity index (χ0) is 21.1. The molecule has 1 amide bonds. The smallest absolute Gasteiger partial charge is 0.350 e. The number of carbonyl (C=O) groups is 1. The van der Waals surface area contributed by atoms with E-state index < -0.39 is 39.9 Å². The summed E-state index contributed by atoms with van der Waals surface area (Å²) in [5.41, 5.74) is 0.351. The molecule has 0 aliphatic carbocycles. The van der Waals surface area contributed by atoms with Crippen LogP contribution >= 0.6 is 11.6 Å². The van der Waals surface area contributed by atoms with Crippen molar-refractivity contribution in [1.29, 1.82) is 0 Å². The molecular formula is C18H18ClF3N2O3S. The first-order valence-corrected chi connectivity index (χ1v) is 10.3. The molecule has 0 aliphatic rings. The Morgan fingerprint density at radius 3 is 2.29 bits per heavy atom. The molecule has 10 heteroatoms. The van der Waals surface area contributed by atoms with Gasteiger partial charge in [-0.25, -0.2) is 8.42 Å². The van der Waals surface area contributed by atoms with E-state index in [2.05, 4.69) is 5.32 Å². The van der Waals surface area contributed by atoms with E-state index in [1.807, 2.05) is 19.1 Å². The van der Waals surface area contributed by atoms with Crippen LogP contribution in [0.25, 0.3) is 0 Å². The summed E-state index contributed by atoms with van der Waals surface area (Å²) in [6, 6.07) is 9.60. The minimum atomic E-state index is -4.68. The topological polar surface area (TPSA) is 66.5 Å². The van der Waals surface area contributed by atoms with E-state index in [0.29, 0.717) is 10.4 Å². The molecule has 2 rings (SSSR count). The Balaban J connectivity index is 2.23. The van der Waals surface area contributed by atoms with E-state index in [1.54, 1.807) is 12.1 Å². The van der Waals surface area contributed by atoms with Gasteiger partial charge in [0.1, 0.15) is 6.54 Å². The standard InChI is InChI=1S/C18H18ClF3N2O3S/c1-12-3-5-13(6-4-12)10-23-17(25)11-24(28(2,26)27)16-9-14(18(20,21)22)7-8-15(16)19/h3-9H,10-11H2,1-2H3,(H,23,25). The Morgan fingerprint density at radius 1 is 1.14 bits per heavy atom. The third-order valence-electron chi connectivity index (χ3n) is 3.84. The molecule has 0 radical (unpaired) electrons. The van der Waals surface area contributed by atoms with Crippen molar-refractivity contribution in [3.63, 3.8) is 0 Å². The average Bonchev–Trinajstić information content (AvgIpc) is 2.58. The molecule has 0 atom stereocenters. The van der Waals surface area contributed by atoms with Crippen molar-refractivity contribution < 1.29 is 26.4 Å². The molecule has 0 aliphatic heterocycles. The van der Waals surface area contributed by atoms with Crippen LogP contribution < -0.4 is 9.62 Å². The number of nitrogens with one attached hydrogen (secondary N) is 1. The molecule has 0 saturated heterocycles. The molecule has 0 bridgehead atoms. The maximum atomic E-state index is 13.0. The first-order valence-electron chi connectivity index (χ1n) is 8.04. The second-order valence-electron chi connectivity index (χ2n) is 6.20. The van der Waals surface area contributed by atoms with Crippen LogP contribution in [0.5, 0.6) is 0 Å². The van der Waals surface area contributed by atoms with E-state index >= 15 is 0 Å². The van der Waals surface area contributed by atoms with Gasteiger partial charge in [0.25, 0.3) is 0 Å². The van der Waals surface area contributed by atoms with Crippen LogP contribution in [-0.4, -0.2) is 27.1 Å². The van der Waals surface area contributed by atoms with Crippen molar-refractivity contribution in [2.24, 2.45) is 0 Å². The molecule has 0 heterocycles. The maximum absolute atomic E-state index is 13.0. The molecule has 0 saturated carbocycles. The summed E-state index contributed by atoms with van der Waals surface area (Å²) < 4.78 is 63.7. The fraction of sp³-hybridized carbons (Fsp3) is 0.278. The van der Waals surface area contributed by atoms with Crippen molar-refractivity contribution >= 4 is 33.2 Å². The highest BCUT2D eigenvalue weighted by Crippen LogP contribution is 2.36. The molecule has 0 unspecified atom stereocenters. The number of carbonyl (C=O) groups excluding carboxylic acids is 1. The van der Waals surface area contributed by atoms with Gasteiger partial charge in [-0.2, -0.15) is 13.2 Å². The Labute approximate surface area is 166 Å². The second kappa shape index (κ2) is 8.40. The van der Waals surface area contributed by atoms with E-state index in [-0.39, 0.29) is 11.6 Å². The van der Waals surface area contributed by atoms with Gasteiger partial charge in [-0.3, -0.25) is 9.10 Å². The summed E-state index contributed by atoms with van der Waals surface area (Å²) >= 11 is 5.91. The number of halogens is 4. The number of amides is 1. The van der Waals surface area contributed by atoms with Crippen LogP contribution in [0.1, 0.15) is 16.7 Å². The van der Waals surface area contributed by atoms with Gasteiger partial charge < -0.3 is 5.32 Å². The lowest BCUT2D eigenvalue weighted by Gasteiger charge is -2.24. The summed E-state index contributed by atoms with van der Waals surface area (Å²) in [6.45, 7) is 1.35. The molecule has 5 nitrogen and oxygen atoms in total. The van der Waals surface area contributed by atoms with E-state index in [1.165, 1.54) is 0 Å². The number of hydrogen-bond donors (Lipinski definition) is 1. The van der Waals surface area contributed by atoms with E-state index in [4.69, 9.17) is 11.6 Å². The second-order valence-corrected chi connectivity index (χ2v) is 8.51. The van der Waals surface area contributed by atoms with Gasteiger partial charge >= 0.3 is 6.18 Å². The monoisotopic (exact) mass is 434 g/mol. The highest BCUT2D eigenvalue weighted by atomic mass is 35.5. The number of aryl methyl sites for hydroxylation is 1. The zero-order valence-electron chi connectivity index (χ0n) is 15.0. The molecular weight excluding hydrogens is 417 g/mol. The van der Waals surface area contributed by atoms with Crippen LogP contribution in [0.15, 0.2) is 42.5 Å². The SMILES string of the molecule is Cc1ccc(CNC(=O)CN(c2cc(C(F)(F)F)ccc2Cl)S(C)(=O)=O)cc1. The molecule has 0 fully saturated rings. The summed E-state index contributed by atoms with van der Waals surface area (Å²) in [5.74, 6) is -0.681. The summed E-state index contributed by atoms with van der Waals surface area (Å²) in [5, 5.41) is 2.33. The van der Waals surface area contributed by atoms with Gasteiger partial charge in [-0.05, 0) is 30.7 Å². The molecule has 2 aromatic carbocycles. The van der Waals surface area contributed by atoms with E-state index in [9.17, 15) is 26.4 Å². The Morgan fingerprint density at radius 2 is 1.75 bits per heavy atom. The van der Waals surface area contributed by atoms with Gasteiger partial charge in [-0.1, -0.05) is 41.4 Å². The molecule has 152 valence electrons. The quantitative estimate of drug-likeness (QED) is 0.753. The first-order chi connectivity index (χ1) is 12.9. The van der Waals surface area contributed by atoms with Crippen LogP contribution in [0.2, 0.25) is 5.02 Å². The number of sulfonamides is 1. The minimum Gasteiger partial charge on any atom is -0.350 e. The van der Waals surface area contributed by atoms with Crippen LogP contribution in [0.3, 0.4) is 0 Å². The maximum Gasteiger partial charge on any atom is 0.416 e. The number of anilines is 1. The van der Waals surface area contributed by atoms with Gasteiger partial charge in [0.05, 0.1) is 22.5 Å². The predicted molar refractivity (Wildman–Crippen MR) is 102 cm³/mol. The van der Waals surface area contributed by atoms with Crippen LogP contribution in [0, 0.1) is 6.92 Å². The van der Waals surface area contributed by atoms with Crippen molar-refractivity contribution in [1.82, 2.24) is 5.32 Å². The van der Waals surface area contributed by atoms with Gasteiger partial charge in [0.15, 0.2) is 0 Å². The predicted octanol–water partition coefficient (Wildman–Crippen LogP) is 3.75. The minimum absolute atomic E-state index is 0.146. The Bertz CT molecular complexity index is 961. The fourth-order valence-electron chi connectivity index (χ4n) is 2.35. The molecule has 0 spiro atoms. The van der Waals surface area contributed by atoms with Crippen molar-refractivity contribution in [3.8, 4) is 0 Å². The summed E-state index contributed by atoms with van der Waals surface area (Å²) in [6.07, 6.45) is -3.90. The van der Waals surface area contributed by atoms with Crippen LogP contribution in [0.4, 0.5) is 18.9 Å².